The number of hydrogen-bond acceptors (Lipinski definition) is 16. The van der Waals surface area contributed by atoms with Crippen molar-refractivity contribution in [2.24, 2.45) is 11.3 Å². The van der Waals surface area contributed by atoms with E-state index in [0.717, 1.165) is 23.0 Å². The molecule has 3 fully saturated rings. The Kier molecular flexibility index (Phi) is 18.8. The van der Waals surface area contributed by atoms with E-state index in [4.69, 9.17) is 18.9 Å². The van der Waals surface area contributed by atoms with Gasteiger partial charge in [0.2, 0.25) is 0 Å². The minimum atomic E-state index is -1.64. The van der Waals surface area contributed by atoms with Crippen LogP contribution < -0.4 is 0 Å². The second-order valence-corrected chi connectivity index (χ2v) is 17.4. The van der Waals surface area contributed by atoms with E-state index in [1.54, 1.807) is 13.8 Å². The van der Waals surface area contributed by atoms with Gasteiger partial charge in [-0.25, -0.2) is 0 Å². The van der Waals surface area contributed by atoms with Gasteiger partial charge < -0.3 is 70.0 Å². The van der Waals surface area contributed by atoms with Crippen molar-refractivity contribution >= 4 is 12.1 Å². The number of ketones is 1. The lowest BCUT2D eigenvalue weighted by atomic mass is 9.54. The summed E-state index contributed by atoms with van der Waals surface area (Å²) in [5, 5.41) is 104. The number of allylic oxidation sites excluding steroid dienone is 4. The van der Waals surface area contributed by atoms with Gasteiger partial charge >= 0.3 is 0 Å². The number of carbonyl (C=O) groups excluding carboxylic acids is 2. The first-order valence-electron chi connectivity index (χ1n) is 20.4. The van der Waals surface area contributed by atoms with Crippen LogP contribution in [0.1, 0.15) is 106 Å². The summed E-state index contributed by atoms with van der Waals surface area (Å²) in [6.07, 6.45) is -7.07. The lowest BCUT2D eigenvalue weighted by molar-refractivity contribution is -0.308. The predicted molar refractivity (Wildman–Crippen MR) is 210 cm³/mol. The summed E-state index contributed by atoms with van der Waals surface area (Å²) in [5.74, 6) is -0.578. The van der Waals surface area contributed by atoms with E-state index in [9.17, 15) is 60.7 Å². The first-order chi connectivity index (χ1) is 27.0. The molecule has 2 saturated heterocycles. The van der Waals surface area contributed by atoms with Gasteiger partial charge in [-0.3, -0.25) is 9.59 Å². The molecule has 0 bridgehead atoms. The fraction of sp³-hybridized carbons (Fsp3) is 0.810. The SMILES string of the molecule is C/C(=C\CC(O[C@@H]1O[C@H](CO)[C@@H](O)[C@@H](O)[C@H]1O)/C(C)=C/CCC1(C)C(CCCO[C@@H]2O[C@H](CO)[C@@H](O)[C@@H](O)[C@H]2O)/C(=C(\C)C=O)CC[C@]1(C)O)CCC(=O)C(C)(C)O. The average molecular weight is 831 g/mol. The molecule has 16 heteroatoms. The fourth-order valence-corrected chi connectivity index (χ4v) is 8.22. The molecule has 0 radical (unpaired) electrons. The highest BCUT2D eigenvalue weighted by atomic mass is 16.7. The van der Waals surface area contributed by atoms with Crippen LogP contribution in [0.3, 0.4) is 0 Å². The van der Waals surface area contributed by atoms with Crippen molar-refractivity contribution in [1.82, 2.24) is 0 Å². The Morgan fingerprint density at radius 2 is 1.45 bits per heavy atom. The van der Waals surface area contributed by atoms with Crippen LogP contribution in [0.25, 0.3) is 0 Å². The normalized spacial score (nSPS) is 38.1. The highest BCUT2D eigenvalue weighted by molar-refractivity contribution is 5.86. The van der Waals surface area contributed by atoms with Gasteiger partial charge in [-0.15, -0.1) is 0 Å². The van der Waals surface area contributed by atoms with E-state index in [2.05, 4.69) is 0 Å². The second kappa shape index (κ2) is 21.7. The molecule has 58 heavy (non-hydrogen) atoms. The Labute approximate surface area is 341 Å². The molecule has 3 unspecified atom stereocenters. The molecule has 334 valence electrons. The standard InChI is InChI=1S/C42H70O16/c1-23(13-15-31(46)40(4,5)53)12-14-28(56-39-37(52)35(50)33(48)30(22-45)58-39)24(2)10-8-17-41(6)27(26(25(3)20-43)16-18-42(41,7)54)11-9-19-55-38-36(51)34(49)32(47)29(21-44)57-38/h10,12,20,27-30,32-39,44-45,47-54H,8-9,11,13-19,21-22H2,1-7H3/b23-12+,24-10+,26-25+/t27?,28?,29-,30-,32-,33-,34-,35-,36-,37-,38-,39-,41?,42+/m1/s1. The van der Waals surface area contributed by atoms with E-state index in [0.29, 0.717) is 50.5 Å². The quantitative estimate of drug-likeness (QED) is 0.0349. The highest BCUT2D eigenvalue weighted by Crippen LogP contribution is 2.55. The number of ether oxygens (including phenoxy) is 4. The van der Waals surface area contributed by atoms with E-state index in [-0.39, 0.29) is 31.1 Å². The molecule has 0 aromatic carbocycles. The summed E-state index contributed by atoms with van der Waals surface area (Å²) in [6, 6.07) is 0. The van der Waals surface area contributed by atoms with Gasteiger partial charge in [0, 0.05) is 18.4 Å². The third-order valence-electron chi connectivity index (χ3n) is 12.6. The van der Waals surface area contributed by atoms with Gasteiger partial charge in [-0.05, 0) is 110 Å². The molecular weight excluding hydrogens is 760 g/mol. The first-order valence-corrected chi connectivity index (χ1v) is 20.4. The summed E-state index contributed by atoms with van der Waals surface area (Å²) in [5.41, 5.74) is -0.313. The maximum Gasteiger partial charge on any atom is 0.187 e. The predicted octanol–water partition coefficient (Wildman–Crippen LogP) is 0.634. The first kappa shape index (κ1) is 50.4. The second-order valence-electron chi connectivity index (χ2n) is 17.4. The third-order valence-corrected chi connectivity index (χ3v) is 12.6. The lowest BCUT2D eigenvalue weighted by Gasteiger charge is -2.53. The number of carbonyl (C=O) groups is 2. The van der Waals surface area contributed by atoms with Gasteiger partial charge in [0.1, 0.15) is 60.7 Å². The summed E-state index contributed by atoms with van der Waals surface area (Å²) in [4.78, 5) is 24.4. The van der Waals surface area contributed by atoms with Crippen LogP contribution in [-0.2, 0) is 28.5 Å². The van der Waals surface area contributed by atoms with Gasteiger partial charge in [-0.2, -0.15) is 0 Å². The molecule has 2 heterocycles. The average Bonchev–Trinajstić information content (AvgIpc) is 3.17. The van der Waals surface area contributed by atoms with Crippen LogP contribution in [-0.4, -0.2) is 162 Å². The van der Waals surface area contributed by atoms with Crippen molar-refractivity contribution in [3.63, 3.8) is 0 Å². The summed E-state index contributed by atoms with van der Waals surface area (Å²) in [7, 11) is 0. The minimum absolute atomic E-state index is 0.0691. The highest BCUT2D eigenvalue weighted by Gasteiger charge is 2.52. The number of rotatable bonds is 20. The minimum Gasteiger partial charge on any atom is -0.394 e. The topological polar surface area (TPSA) is 273 Å². The Hall–Kier alpha value is -2.00. The lowest BCUT2D eigenvalue weighted by Crippen LogP contribution is -2.59. The van der Waals surface area contributed by atoms with Gasteiger partial charge in [0.25, 0.3) is 0 Å². The maximum absolute atomic E-state index is 12.3. The van der Waals surface area contributed by atoms with E-state index in [1.165, 1.54) is 13.8 Å². The number of hydrogen-bond donors (Lipinski definition) is 10. The molecule has 2 aliphatic heterocycles. The Morgan fingerprint density at radius 1 is 0.879 bits per heavy atom. The van der Waals surface area contributed by atoms with Crippen molar-refractivity contribution in [3.05, 3.63) is 34.4 Å². The van der Waals surface area contributed by atoms with Gasteiger partial charge in [0.05, 0.1) is 24.9 Å². The van der Waals surface area contributed by atoms with E-state index >= 15 is 0 Å². The molecule has 10 N–H and O–H groups in total. The zero-order valence-electron chi connectivity index (χ0n) is 35.1. The van der Waals surface area contributed by atoms with Crippen LogP contribution in [0.5, 0.6) is 0 Å². The molecular formula is C42H70O16. The van der Waals surface area contributed by atoms with Crippen LogP contribution in [0, 0.1) is 11.3 Å². The van der Waals surface area contributed by atoms with Crippen molar-refractivity contribution in [1.29, 1.82) is 0 Å². The molecule has 0 aromatic heterocycles. The summed E-state index contributed by atoms with van der Waals surface area (Å²) >= 11 is 0. The van der Waals surface area contributed by atoms with Crippen LogP contribution in [0.2, 0.25) is 0 Å². The van der Waals surface area contributed by atoms with Crippen LogP contribution in [0.4, 0.5) is 0 Å². The molecule has 1 aliphatic carbocycles. The molecule has 0 aromatic rings. The molecule has 0 amide bonds. The van der Waals surface area contributed by atoms with Crippen molar-refractivity contribution in [2.45, 2.75) is 185 Å². The van der Waals surface area contributed by atoms with E-state index < -0.39 is 97.3 Å². The summed E-state index contributed by atoms with van der Waals surface area (Å²) < 4.78 is 23.1. The maximum atomic E-state index is 12.3. The number of aliphatic hydroxyl groups excluding tert-OH is 8. The molecule has 14 atom stereocenters. The monoisotopic (exact) mass is 830 g/mol. The van der Waals surface area contributed by atoms with E-state index in [1.807, 2.05) is 32.9 Å². The number of Topliss-reactive ketones (excluding diaryl/α,β-unsaturated/α-hetero) is 1. The summed E-state index contributed by atoms with van der Waals surface area (Å²) in [6.45, 7) is 10.9. The molecule has 3 aliphatic rings. The fourth-order valence-electron chi connectivity index (χ4n) is 8.22. The van der Waals surface area contributed by atoms with Crippen LogP contribution in [0.15, 0.2) is 34.4 Å². The number of aliphatic hydroxyl groups is 10. The third kappa shape index (κ3) is 12.3. The molecule has 3 rings (SSSR count). The Bertz CT molecular complexity index is 1430. The van der Waals surface area contributed by atoms with Crippen LogP contribution >= 0.6 is 0 Å². The van der Waals surface area contributed by atoms with Crippen molar-refractivity contribution in [2.75, 3.05) is 19.8 Å². The zero-order valence-corrected chi connectivity index (χ0v) is 35.1. The van der Waals surface area contributed by atoms with Crippen molar-refractivity contribution in [3.8, 4) is 0 Å². The van der Waals surface area contributed by atoms with Gasteiger partial charge in [-0.1, -0.05) is 30.2 Å². The smallest absolute Gasteiger partial charge is 0.187 e. The van der Waals surface area contributed by atoms with Gasteiger partial charge in [0.15, 0.2) is 18.4 Å². The Balaban J connectivity index is 1.84. The zero-order chi connectivity index (χ0) is 43.7. The number of aldehydes is 1. The van der Waals surface area contributed by atoms with Crippen molar-refractivity contribution < 1.29 is 79.6 Å². The Morgan fingerprint density at radius 3 is 2.00 bits per heavy atom. The molecule has 16 nitrogen and oxygen atoms in total. The molecule has 1 saturated carbocycles. The molecule has 0 spiro atoms. The largest absolute Gasteiger partial charge is 0.394 e.